The highest BCUT2D eigenvalue weighted by Gasteiger charge is 2.75. The van der Waals surface area contributed by atoms with Crippen molar-refractivity contribution in [2.24, 2.45) is 17.3 Å². The number of esters is 1. The van der Waals surface area contributed by atoms with E-state index in [0.29, 0.717) is 45.4 Å². The normalized spacial score (nSPS) is 27.6. The van der Waals surface area contributed by atoms with Gasteiger partial charge in [0.25, 0.3) is 0 Å². The first kappa shape index (κ1) is 32.3. The molecular formula is C32H52N2O6. The lowest BCUT2D eigenvalue weighted by Crippen LogP contribution is -2.61. The second-order valence-electron chi connectivity index (χ2n) is 13.6. The second-order valence-corrected chi connectivity index (χ2v) is 13.6. The molecule has 40 heavy (non-hydrogen) atoms. The van der Waals surface area contributed by atoms with Crippen LogP contribution in [0.15, 0.2) is 25.3 Å². The van der Waals surface area contributed by atoms with Crippen LogP contribution in [0.25, 0.3) is 0 Å². The van der Waals surface area contributed by atoms with E-state index >= 15 is 0 Å². The minimum absolute atomic E-state index is 0.0255. The lowest BCUT2D eigenvalue weighted by molar-refractivity contribution is -0.156. The van der Waals surface area contributed by atoms with Crippen molar-refractivity contribution in [1.29, 1.82) is 0 Å². The number of allylic oxidation sites excluding steroid dienone is 1. The van der Waals surface area contributed by atoms with Gasteiger partial charge in [0.15, 0.2) is 0 Å². The number of carbonyl (C=O) groups excluding carboxylic acids is 3. The molecule has 0 aromatic heterocycles. The molecule has 3 heterocycles. The van der Waals surface area contributed by atoms with Gasteiger partial charge in [0.05, 0.1) is 24.5 Å². The summed E-state index contributed by atoms with van der Waals surface area (Å²) in [4.78, 5) is 45.6. The molecule has 0 aromatic carbocycles. The Bertz CT molecular complexity index is 940. The van der Waals surface area contributed by atoms with E-state index in [2.05, 4.69) is 47.8 Å². The van der Waals surface area contributed by atoms with Crippen molar-refractivity contribution >= 4 is 17.8 Å². The smallest absolute Gasteiger partial charge is 0.312 e. The van der Waals surface area contributed by atoms with Gasteiger partial charge in [-0.2, -0.15) is 0 Å². The van der Waals surface area contributed by atoms with E-state index in [9.17, 15) is 19.5 Å². The molecule has 2 unspecified atom stereocenters. The average Bonchev–Trinajstić information content (AvgIpc) is 3.50. The standard InChI is InChI=1S/C32H52N2O6/c1-8-10-11-15-21-39-29(38)24-23-16-17-32(40-23)25(24)27(36)33(19-13-12-14-20-35)26(32)28(37)34(18-9-2)31(6,7)22-30(3,4)5/h8-9,23-26,35H,1-2,10-22H2,3-7H3/t23-,24+,25+,26?,32?/m1/s1. The van der Waals surface area contributed by atoms with Crippen LogP contribution in [0.2, 0.25) is 0 Å². The number of rotatable bonds is 16. The van der Waals surface area contributed by atoms with Crippen molar-refractivity contribution in [3.8, 4) is 0 Å². The van der Waals surface area contributed by atoms with Gasteiger partial charge >= 0.3 is 5.97 Å². The molecule has 2 bridgehead atoms. The number of amides is 2. The van der Waals surface area contributed by atoms with E-state index in [1.807, 2.05) is 11.0 Å². The zero-order valence-electron chi connectivity index (χ0n) is 25.5. The maximum Gasteiger partial charge on any atom is 0.312 e. The summed E-state index contributed by atoms with van der Waals surface area (Å²) in [6.07, 6.45) is 9.61. The fourth-order valence-corrected chi connectivity index (χ4v) is 7.48. The molecule has 3 saturated heterocycles. The zero-order chi connectivity index (χ0) is 29.7. The lowest BCUT2D eigenvalue weighted by Gasteiger charge is -2.45. The number of aliphatic hydroxyl groups is 1. The van der Waals surface area contributed by atoms with Crippen molar-refractivity contribution < 1.29 is 29.0 Å². The van der Waals surface area contributed by atoms with Crippen LogP contribution in [-0.4, -0.2) is 82.3 Å². The molecule has 1 spiro atoms. The fraction of sp³-hybridized carbons (Fsp3) is 0.781. The number of fused-ring (bicyclic) bond motifs is 1. The van der Waals surface area contributed by atoms with Gasteiger partial charge in [0, 0.05) is 25.2 Å². The highest BCUT2D eigenvalue weighted by atomic mass is 16.6. The van der Waals surface area contributed by atoms with Crippen molar-refractivity contribution in [2.75, 3.05) is 26.3 Å². The third kappa shape index (κ3) is 6.64. The lowest BCUT2D eigenvalue weighted by atomic mass is 9.70. The summed E-state index contributed by atoms with van der Waals surface area (Å²) in [5.41, 5.74) is -1.56. The predicted octanol–water partition coefficient (Wildman–Crippen LogP) is 4.65. The van der Waals surface area contributed by atoms with Crippen LogP contribution in [0, 0.1) is 17.3 Å². The van der Waals surface area contributed by atoms with Crippen molar-refractivity contribution in [3.05, 3.63) is 25.3 Å². The average molecular weight is 561 g/mol. The van der Waals surface area contributed by atoms with E-state index < -0.39 is 41.1 Å². The number of likely N-dealkylation sites (tertiary alicyclic amines) is 1. The SMILES string of the molecule is C=CCCCCOC(=O)[C@@H]1[C@H]2C(=O)N(CCCCCO)C(C(=O)N(CC=C)C(C)(C)CC(C)(C)C)C23CC[C@H]1O3. The van der Waals surface area contributed by atoms with Crippen molar-refractivity contribution in [2.45, 2.75) is 116 Å². The number of nitrogens with zero attached hydrogens (tertiary/aromatic N) is 2. The van der Waals surface area contributed by atoms with Gasteiger partial charge < -0.3 is 24.4 Å². The number of hydrogen-bond donors (Lipinski definition) is 1. The molecule has 3 aliphatic rings. The van der Waals surface area contributed by atoms with Gasteiger partial charge in [0.1, 0.15) is 11.6 Å². The Hall–Kier alpha value is -2.19. The first-order valence-electron chi connectivity index (χ1n) is 15.1. The Morgan fingerprint density at radius 1 is 1.12 bits per heavy atom. The summed E-state index contributed by atoms with van der Waals surface area (Å²) < 4.78 is 12.2. The minimum atomic E-state index is -1.04. The summed E-state index contributed by atoms with van der Waals surface area (Å²) in [7, 11) is 0. The Labute approximate surface area is 241 Å². The summed E-state index contributed by atoms with van der Waals surface area (Å²) in [6.45, 7) is 19.4. The van der Waals surface area contributed by atoms with E-state index in [1.54, 1.807) is 11.0 Å². The molecule has 8 heteroatoms. The fourth-order valence-electron chi connectivity index (χ4n) is 7.48. The molecule has 1 N–H and O–H groups in total. The molecule has 3 aliphatic heterocycles. The number of ether oxygens (including phenoxy) is 2. The first-order chi connectivity index (χ1) is 18.8. The molecule has 3 rings (SSSR count). The highest BCUT2D eigenvalue weighted by molar-refractivity contribution is 5.98. The maximum absolute atomic E-state index is 14.6. The van der Waals surface area contributed by atoms with E-state index in [-0.39, 0.29) is 23.8 Å². The molecular weight excluding hydrogens is 508 g/mol. The van der Waals surface area contributed by atoms with Crippen LogP contribution in [0.3, 0.4) is 0 Å². The van der Waals surface area contributed by atoms with Crippen LogP contribution in [0.4, 0.5) is 0 Å². The predicted molar refractivity (Wildman–Crippen MR) is 155 cm³/mol. The molecule has 8 nitrogen and oxygen atoms in total. The highest BCUT2D eigenvalue weighted by Crippen LogP contribution is 2.59. The molecule has 0 radical (unpaired) electrons. The monoisotopic (exact) mass is 560 g/mol. The zero-order valence-corrected chi connectivity index (χ0v) is 25.5. The van der Waals surface area contributed by atoms with Crippen LogP contribution in [0.1, 0.15) is 92.4 Å². The third-order valence-electron chi connectivity index (χ3n) is 8.68. The molecule has 226 valence electrons. The number of hydrogen-bond acceptors (Lipinski definition) is 6. The maximum atomic E-state index is 14.6. The van der Waals surface area contributed by atoms with E-state index in [4.69, 9.17) is 9.47 Å². The van der Waals surface area contributed by atoms with Gasteiger partial charge in [-0.25, -0.2) is 0 Å². The van der Waals surface area contributed by atoms with E-state index in [0.717, 1.165) is 32.1 Å². The Balaban J connectivity index is 1.94. The van der Waals surface area contributed by atoms with Crippen molar-refractivity contribution in [1.82, 2.24) is 9.80 Å². The third-order valence-corrected chi connectivity index (χ3v) is 8.68. The van der Waals surface area contributed by atoms with Gasteiger partial charge in [-0.3, -0.25) is 14.4 Å². The topological polar surface area (TPSA) is 96.4 Å². The van der Waals surface area contributed by atoms with Gasteiger partial charge in [0.2, 0.25) is 11.8 Å². The van der Waals surface area contributed by atoms with Gasteiger partial charge in [-0.05, 0) is 77.0 Å². The van der Waals surface area contributed by atoms with Crippen LogP contribution < -0.4 is 0 Å². The van der Waals surface area contributed by atoms with Crippen LogP contribution in [-0.2, 0) is 23.9 Å². The number of aliphatic hydroxyl groups excluding tert-OH is 1. The Morgan fingerprint density at radius 2 is 1.85 bits per heavy atom. The Kier molecular flexibility index (Phi) is 10.7. The van der Waals surface area contributed by atoms with Crippen LogP contribution >= 0.6 is 0 Å². The summed E-state index contributed by atoms with van der Waals surface area (Å²) in [5.74, 6) is -2.16. The minimum Gasteiger partial charge on any atom is -0.465 e. The quantitative estimate of drug-likeness (QED) is 0.168. The summed E-state index contributed by atoms with van der Waals surface area (Å²) in [5, 5.41) is 9.27. The number of unbranched alkanes of at least 4 members (excludes halogenated alkanes) is 4. The van der Waals surface area contributed by atoms with Crippen molar-refractivity contribution in [3.63, 3.8) is 0 Å². The molecule has 5 atom stereocenters. The molecule has 0 aliphatic carbocycles. The van der Waals surface area contributed by atoms with E-state index in [1.165, 1.54) is 0 Å². The van der Waals surface area contributed by atoms with Gasteiger partial charge in [-0.15, -0.1) is 13.2 Å². The van der Waals surface area contributed by atoms with Crippen LogP contribution in [0.5, 0.6) is 0 Å². The molecule has 3 fully saturated rings. The second kappa shape index (κ2) is 13.2. The molecule has 0 aromatic rings. The first-order valence-corrected chi connectivity index (χ1v) is 15.1. The number of carbonyl (C=O) groups is 3. The molecule has 0 saturated carbocycles. The molecule has 2 amide bonds. The largest absolute Gasteiger partial charge is 0.465 e. The summed E-state index contributed by atoms with van der Waals surface area (Å²) >= 11 is 0. The van der Waals surface area contributed by atoms with Gasteiger partial charge in [-0.1, -0.05) is 32.9 Å². The summed E-state index contributed by atoms with van der Waals surface area (Å²) in [6, 6.07) is -0.811. The Morgan fingerprint density at radius 3 is 2.48 bits per heavy atom.